The molecule has 1 fully saturated rings. The van der Waals surface area contributed by atoms with Crippen molar-refractivity contribution in [3.05, 3.63) is 47.7 Å². The lowest BCUT2D eigenvalue weighted by Gasteiger charge is -2.14. The van der Waals surface area contributed by atoms with E-state index in [9.17, 15) is 4.39 Å². The second-order valence-electron chi connectivity index (χ2n) is 6.73. The van der Waals surface area contributed by atoms with Gasteiger partial charge < -0.3 is 25.5 Å². The first-order valence-electron chi connectivity index (χ1n) is 9.52. The summed E-state index contributed by atoms with van der Waals surface area (Å²) in [6.07, 6.45) is 4.72. The van der Waals surface area contributed by atoms with Gasteiger partial charge in [0, 0.05) is 12.7 Å². The predicted molar refractivity (Wildman–Crippen MR) is 108 cm³/mol. The molecule has 2 atom stereocenters. The molecule has 150 valence electrons. The molecule has 0 aliphatic carbocycles. The molecule has 3 heterocycles. The topological polar surface area (TPSA) is 101 Å². The third kappa shape index (κ3) is 3.62. The van der Waals surface area contributed by atoms with Crippen molar-refractivity contribution in [2.75, 3.05) is 18.9 Å². The van der Waals surface area contributed by atoms with Crippen molar-refractivity contribution in [2.45, 2.75) is 32.1 Å². The Hall–Kier alpha value is -3.15. The van der Waals surface area contributed by atoms with E-state index in [4.69, 9.17) is 20.9 Å². The van der Waals surface area contributed by atoms with Crippen molar-refractivity contribution in [1.82, 2.24) is 14.5 Å². The van der Waals surface area contributed by atoms with Gasteiger partial charge in [-0.1, -0.05) is 17.9 Å². The van der Waals surface area contributed by atoms with Crippen molar-refractivity contribution in [2.24, 2.45) is 5.73 Å². The molecule has 1 aliphatic heterocycles. The van der Waals surface area contributed by atoms with Crippen LogP contribution in [0.25, 0.3) is 11.0 Å². The minimum Gasteiger partial charge on any atom is -0.492 e. The number of hydrogen-bond acceptors (Lipinski definition) is 6. The number of benzene rings is 1. The molecule has 4 N–H and O–H groups in total. The first-order chi connectivity index (χ1) is 14.1. The Morgan fingerprint density at radius 1 is 1.31 bits per heavy atom. The van der Waals surface area contributed by atoms with Crippen LogP contribution in [-0.4, -0.2) is 33.8 Å². The minimum atomic E-state index is -0.443. The van der Waals surface area contributed by atoms with Crippen LogP contribution in [0.1, 0.15) is 37.1 Å². The monoisotopic (exact) mass is 395 g/mol. The zero-order valence-electron chi connectivity index (χ0n) is 16.1. The molecule has 0 unspecified atom stereocenters. The standard InChI is InChI=1S/C21H22FN5O2/c1-2-28-17-5-3-4-16(22)15(17)8-6-13-11-27(18-9-7-14(10-23)29-18)21-19(13)20(24)25-12-26-21/h3-5,11-12,14,18H,2,7,9-10,23H2,1H3,(H2,24,25,26)/t14-,18+/m0/s1. The van der Waals surface area contributed by atoms with Crippen molar-refractivity contribution in [3.63, 3.8) is 0 Å². The molecular formula is C21H22FN5O2. The fraction of sp³-hybridized carbons (Fsp3) is 0.333. The number of nitrogen functional groups attached to an aromatic ring is 1. The molecular weight excluding hydrogens is 373 g/mol. The van der Waals surface area contributed by atoms with Gasteiger partial charge >= 0.3 is 0 Å². The van der Waals surface area contributed by atoms with Crippen molar-refractivity contribution >= 4 is 16.9 Å². The summed E-state index contributed by atoms with van der Waals surface area (Å²) in [5.41, 5.74) is 13.3. The first kappa shape index (κ1) is 19.2. The average Bonchev–Trinajstić information content (AvgIpc) is 3.33. The van der Waals surface area contributed by atoms with Gasteiger partial charge in [-0.15, -0.1) is 0 Å². The summed E-state index contributed by atoms with van der Waals surface area (Å²) in [6, 6.07) is 4.64. The van der Waals surface area contributed by atoms with Gasteiger partial charge in [-0.3, -0.25) is 0 Å². The Kier molecular flexibility index (Phi) is 5.34. The molecule has 0 spiro atoms. The third-order valence-electron chi connectivity index (χ3n) is 4.89. The van der Waals surface area contributed by atoms with Crippen molar-refractivity contribution in [3.8, 4) is 17.6 Å². The van der Waals surface area contributed by atoms with Crippen LogP contribution in [0.2, 0.25) is 0 Å². The van der Waals surface area contributed by atoms with Crippen LogP contribution in [0.4, 0.5) is 10.2 Å². The van der Waals surface area contributed by atoms with Crippen LogP contribution < -0.4 is 16.2 Å². The smallest absolute Gasteiger partial charge is 0.148 e. The maximum atomic E-state index is 14.3. The average molecular weight is 395 g/mol. The van der Waals surface area contributed by atoms with Gasteiger partial charge in [-0.2, -0.15) is 0 Å². The van der Waals surface area contributed by atoms with Gasteiger partial charge in [0.2, 0.25) is 0 Å². The van der Waals surface area contributed by atoms with Gasteiger partial charge in [0.05, 0.1) is 23.7 Å². The number of nitrogens with zero attached hydrogens (tertiary/aromatic N) is 3. The van der Waals surface area contributed by atoms with E-state index < -0.39 is 5.82 Å². The largest absolute Gasteiger partial charge is 0.492 e. The highest BCUT2D eigenvalue weighted by atomic mass is 19.1. The summed E-state index contributed by atoms with van der Waals surface area (Å²) in [6.45, 7) is 2.72. The van der Waals surface area contributed by atoms with Crippen LogP contribution in [0.3, 0.4) is 0 Å². The molecule has 1 aromatic carbocycles. The second-order valence-corrected chi connectivity index (χ2v) is 6.73. The van der Waals surface area contributed by atoms with Crippen LogP contribution in [0.15, 0.2) is 30.7 Å². The number of ether oxygens (including phenoxy) is 2. The molecule has 2 aromatic heterocycles. The van der Waals surface area contributed by atoms with Gasteiger partial charge in [0.25, 0.3) is 0 Å². The Balaban J connectivity index is 1.80. The van der Waals surface area contributed by atoms with Gasteiger partial charge in [0.1, 0.15) is 41.2 Å². The van der Waals surface area contributed by atoms with E-state index in [1.165, 1.54) is 12.4 Å². The summed E-state index contributed by atoms with van der Waals surface area (Å²) in [4.78, 5) is 8.46. The van der Waals surface area contributed by atoms with Crippen molar-refractivity contribution < 1.29 is 13.9 Å². The number of fused-ring (bicyclic) bond motifs is 1. The van der Waals surface area contributed by atoms with E-state index in [-0.39, 0.29) is 17.9 Å². The molecule has 7 nitrogen and oxygen atoms in total. The molecule has 8 heteroatoms. The number of halogens is 1. The molecule has 1 aliphatic rings. The van der Waals surface area contributed by atoms with E-state index in [0.29, 0.717) is 41.3 Å². The Morgan fingerprint density at radius 3 is 2.93 bits per heavy atom. The zero-order valence-corrected chi connectivity index (χ0v) is 16.1. The van der Waals surface area contributed by atoms with E-state index in [2.05, 4.69) is 21.8 Å². The van der Waals surface area contributed by atoms with Gasteiger partial charge in [0.15, 0.2) is 0 Å². The minimum absolute atomic E-state index is 0.0123. The van der Waals surface area contributed by atoms with E-state index in [1.807, 2.05) is 17.7 Å². The summed E-state index contributed by atoms with van der Waals surface area (Å²) in [7, 11) is 0. The van der Waals surface area contributed by atoms with Gasteiger partial charge in [-0.05, 0) is 31.9 Å². The fourth-order valence-electron chi connectivity index (χ4n) is 3.52. The van der Waals surface area contributed by atoms with Gasteiger partial charge in [-0.25, -0.2) is 14.4 Å². The molecule has 1 saturated heterocycles. The van der Waals surface area contributed by atoms with Crippen LogP contribution >= 0.6 is 0 Å². The summed E-state index contributed by atoms with van der Waals surface area (Å²) in [5.74, 6) is 6.18. The predicted octanol–water partition coefficient (Wildman–Crippen LogP) is 2.59. The lowest BCUT2D eigenvalue weighted by atomic mass is 10.1. The Morgan fingerprint density at radius 2 is 2.17 bits per heavy atom. The normalized spacial score (nSPS) is 18.6. The lowest BCUT2D eigenvalue weighted by Crippen LogP contribution is -2.20. The Labute approximate surface area is 167 Å². The third-order valence-corrected chi connectivity index (χ3v) is 4.89. The van der Waals surface area contributed by atoms with Crippen LogP contribution in [0.5, 0.6) is 5.75 Å². The zero-order chi connectivity index (χ0) is 20.4. The maximum Gasteiger partial charge on any atom is 0.148 e. The number of anilines is 1. The molecule has 0 bridgehead atoms. The highest BCUT2D eigenvalue weighted by molar-refractivity contribution is 5.92. The van der Waals surface area contributed by atoms with Crippen LogP contribution in [-0.2, 0) is 4.74 Å². The molecule has 3 aromatic rings. The summed E-state index contributed by atoms with van der Waals surface area (Å²) >= 11 is 0. The fourth-order valence-corrected chi connectivity index (χ4v) is 3.52. The molecule has 0 radical (unpaired) electrons. The van der Waals surface area contributed by atoms with E-state index in [1.54, 1.807) is 12.1 Å². The number of hydrogen-bond donors (Lipinski definition) is 2. The highest BCUT2D eigenvalue weighted by Gasteiger charge is 2.28. The molecule has 4 rings (SSSR count). The quantitative estimate of drug-likeness (QED) is 0.659. The molecule has 0 amide bonds. The van der Waals surface area contributed by atoms with E-state index >= 15 is 0 Å². The summed E-state index contributed by atoms with van der Waals surface area (Å²) in [5, 5.41) is 0.620. The van der Waals surface area contributed by atoms with Crippen molar-refractivity contribution in [1.29, 1.82) is 0 Å². The maximum absolute atomic E-state index is 14.3. The molecule has 29 heavy (non-hydrogen) atoms. The highest BCUT2D eigenvalue weighted by Crippen LogP contribution is 2.33. The SMILES string of the molecule is CCOc1cccc(F)c1C#Cc1cn([C@H]2CC[C@@H](CN)O2)c2ncnc(N)c12. The number of rotatable bonds is 4. The Bertz CT molecular complexity index is 1100. The van der Waals surface area contributed by atoms with E-state index in [0.717, 1.165) is 12.8 Å². The second kappa shape index (κ2) is 8.07. The number of nitrogens with two attached hydrogens (primary N) is 2. The lowest BCUT2D eigenvalue weighted by molar-refractivity contribution is 0.00897. The molecule has 0 saturated carbocycles. The first-order valence-corrected chi connectivity index (χ1v) is 9.52. The van der Waals surface area contributed by atoms with Crippen LogP contribution in [0, 0.1) is 17.7 Å². The summed E-state index contributed by atoms with van der Waals surface area (Å²) < 4.78 is 27.7. The number of aromatic nitrogens is 3.